The van der Waals surface area contributed by atoms with Crippen molar-refractivity contribution in [2.24, 2.45) is 0 Å². The van der Waals surface area contributed by atoms with Crippen LogP contribution in [-0.4, -0.2) is 94.1 Å². The standard InChI is InChI=1S/C25H29BN4O8/c1-2-29-11-12-30(19(31)14-29)25(36)28-20(21(32)15-7-4-3-5-8-15)23(33)27-18-13-16-9-6-10-17(24(34)35)22(16)38-26(18)37/h3-10,18,20-21,32,37H,2,11-14H2,1H3,(H,27,33)(H,28,36)(H,34,35)/t18-,20-,21?/m0/s1. The number of likely N-dealkylation sites (N-methyl/N-ethyl adjacent to an activating group) is 1. The van der Waals surface area contributed by atoms with Crippen molar-refractivity contribution in [3.8, 4) is 5.75 Å². The molecule has 5 N–H and O–H groups in total. The number of nitrogens with zero attached hydrogens (tertiary/aromatic N) is 2. The van der Waals surface area contributed by atoms with Gasteiger partial charge in [-0.25, -0.2) is 9.59 Å². The van der Waals surface area contributed by atoms with Crippen LogP contribution in [0.15, 0.2) is 48.5 Å². The molecule has 2 aromatic rings. The number of fused-ring (bicyclic) bond motifs is 1. The van der Waals surface area contributed by atoms with Gasteiger partial charge in [-0.15, -0.1) is 0 Å². The molecule has 0 radical (unpaired) electrons. The molecule has 2 aliphatic rings. The molecule has 1 fully saturated rings. The third-order valence-corrected chi connectivity index (χ3v) is 6.69. The van der Waals surface area contributed by atoms with Crippen LogP contribution in [-0.2, 0) is 16.0 Å². The number of para-hydroxylation sites is 1. The minimum absolute atomic E-state index is 0.0110. The highest BCUT2D eigenvalue weighted by atomic mass is 16.5. The van der Waals surface area contributed by atoms with Gasteiger partial charge in [0.15, 0.2) is 0 Å². The first-order valence-corrected chi connectivity index (χ1v) is 12.3. The number of carboxylic acids is 1. The van der Waals surface area contributed by atoms with Crippen molar-refractivity contribution in [1.82, 2.24) is 20.4 Å². The maximum Gasteiger partial charge on any atom is 0.547 e. The van der Waals surface area contributed by atoms with Gasteiger partial charge in [0.2, 0.25) is 11.8 Å². The number of aromatic carboxylic acids is 1. The number of piperazine rings is 1. The minimum Gasteiger partial charge on any atom is -0.534 e. The Bertz CT molecular complexity index is 1210. The largest absolute Gasteiger partial charge is 0.547 e. The number of hydrogen-bond donors (Lipinski definition) is 5. The van der Waals surface area contributed by atoms with Crippen LogP contribution in [0.1, 0.15) is 34.5 Å². The van der Waals surface area contributed by atoms with Gasteiger partial charge in [-0.1, -0.05) is 49.4 Å². The van der Waals surface area contributed by atoms with E-state index in [2.05, 4.69) is 10.6 Å². The fourth-order valence-electron chi connectivity index (χ4n) is 4.54. The number of aliphatic hydroxyl groups is 1. The van der Waals surface area contributed by atoms with Crippen molar-refractivity contribution in [1.29, 1.82) is 0 Å². The summed E-state index contributed by atoms with van der Waals surface area (Å²) < 4.78 is 5.43. The number of hydrogen-bond acceptors (Lipinski definition) is 8. The lowest BCUT2D eigenvalue weighted by Crippen LogP contribution is -2.61. The van der Waals surface area contributed by atoms with Gasteiger partial charge in [-0.05, 0) is 30.2 Å². The maximum absolute atomic E-state index is 13.4. The molecular formula is C25H29BN4O8. The summed E-state index contributed by atoms with van der Waals surface area (Å²) in [5, 5.41) is 36.1. The Hall–Kier alpha value is -3.94. The van der Waals surface area contributed by atoms with E-state index >= 15 is 0 Å². The molecule has 2 aliphatic heterocycles. The Kier molecular flexibility index (Phi) is 8.30. The zero-order valence-electron chi connectivity index (χ0n) is 20.7. The van der Waals surface area contributed by atoms with Crippen LogP contribution in [0, 0.1) is 0 Å². The van der Waals surface area contributed by atoms with Crippen molar-refractivity contribution in [2.75, 3.05) is 26.2 Å². The molecular weight excluding hydrogens is 495 g/mol. The lowest BCUT2D eigenvalue weighted by atomic mass is 9.72. The third kappa shape index (κ3) is 5.80. The van der Waals surface area contributed by atoms with Gasteiger partial charge in [0, 0.05) is 13.1 Å². The summed E-state index contributed by atoms with van der Waals surface area (Å²) in [7, 11) is -1.58. The van der Waals surface area contributed by atoms with Crippen LogP contribution in [0.4, 0.5) is 4.79 Å². The van der Waals surface area contributed by atoms with Gasteiger partial charge in [0.05, 0.1) is 18.0 Å². The zero-order valence-corrected chi connectivity index (χ0v) is 20.7. The summed E-state index contributed by atoms with van der Waals surface area (Å²) >= 11 is 0. The highest BCUT2D eigenvalue weighted by Gasteiger charge is 2.41. The maximum atomic E-state index is 13.4. The normalized spacial score (nSPS) is 19.1. The van der Waals surface area contributed by atoms with E-state index in [1.807, 2.05) is 11.8 Å². The smallest absolute Gasteiger partial charge is 0.534 e. The molecule has 0 saturated carbocycles. The molecule has 38 heavy (non-hydrogen) atoms. The molecule has 12 nitrogen and oxygen atoms in total. The molecule has 0 spiro atoms. The second-order valence-corrected chi connectivity index (χ2v) is 9.12. The van der Waals surface area contributed by atoms with E-state index in [9.17, 15) is 34.4 Å². The predicted octanol–water partition coefficient (Wildman–Crippen LogP) is -0.200. The van der Waals surface area contributed by atoms with Crippen LogP contribution in [0.25, 0.3) is 0 Å². The van der Waals surface area contributed by atoms with E-state index in [4.69, 9.17) is 4.65 Å². The number of carbonyl (C=O) groups excluding carboxylic acids is 3. The van der Waals surface area contributed by atoms with E-state index in [0.717, 1.165) is 4.90 Å². The number of urea groups is 1. The molecule has 0 bridgehead atoms. The number of carboxylic acid groups (broad SMARTS) is 1. The molecule has 2 aromatic carbocycles. The number of rotatable bonds is 7. The SMILES string of the molecule is CCN1CCN(C(=O)N[C@H](C(=O)N[C@H]2Cc3cccc(C(=O)O)c3OB2O)C(O)c2ccccc2)C(=O)C1. The quantitative estimate of drug-likeness (QED) is 0.308. The first-order chi connectivity index (χ1) is 18.2. The predicted molar refractivity (Wildman–Crippen MR) is 135 cm³/mol. The average molecular weight is 524 g/mol. The Balaban J connectivity index is 1.53. The van der Waals surface area contributed by atoms with Crippen molar-refractivity contribution >= 4 is 30.9 Å². The molecule has 4 rings (SSSR count). The highest BCUT2D eigenvalue weighted by Crippen LogP contribution is 2.30. The number of nitrogens with one attached hydrogen (secondary N) is 2. The van der Waals surface area contributed by atoms with E-state index in [1.54, 1.807) is 36.4 Å². The summed E-state index contributed by atoms with van der Waals surface area (Å²) in [6.45, 7) is 3.24. The second-order valence-electron chi connectivity index (χ2n) is 9.12. The molecule has 0 aliphatic carbocycles. The first kappa shape index (κ1) is 27.1. The van der Waals surface area contributed by atoms with Crippen molar-refractivity contribution < 1.29 is 39.1 Å². The number of benzene rings is 2. The highest BCUT2D eigenvalue weighted by molar-refractivity contribution is 6.47. The molecule has 13 heteroatoms. The van der Waals surface area contributed by atoms with Crippen LogP contribution < -0.4 is 15.3 Å². The zero-order chi connectivity index (χ0) is 27.4. The Labute approximate surface area is 219 Å². The Morgan fingerprint density at radius 3 is 2.53 bits per heavy atom. The molecule has 1 unspecified atom stereocenters. The topological polar surface area (TPSA) is 169 Å². The molecule has 4 amide bonds. The number of aliphatic hydroxyl groups excluding tert-OH is 1. The van der Waals surface area contributed by atoms with Crippen molar-refractivity contribution in [2.45, 2.75) is 31.4 Å². The molecule has 0 aromatic heterocycles. The first-order valence-electron chi connectivity index (χ1n) is 12.3. The van der Waals surface area contributed by atoms with Gasteiger partial charge >= 0.3 is 19.1 Å². The van der Waals surface area contributed by atoms with Crippen molar-refractivity contribution in [3.63, 3.8) is 0 Å². The fraction of sp³-hybridized carbons (Fsp3) is 0.360. The monoisotopic (exact) mass is 524 g/mol. The van der Waals surface area contributed by atoms with Crippen molar-refractivity contribution in [3.05, 3.63) is 65.2 Å². The second kappa shape index (κ2) is 11.6. The molecule has 3 atom stereocenters. The summed E-state index contributed by atoms with van der Waals surface area (Å²) in [5.74, 6) is -3.46. The van der Waals surface area contributed by atoms with E-state index in [0.29, 0.717) is 24.2 Å². The van der Waals surface area contributed by atoms with Gasteiger partial charge in [-0.3, -0.25) is 19.4 Å². The fourth-order valence-corrected chi connectivity index (χ4v) is 4.54. The van der Waals surface area contributed by atoms with Crippen LogP contribution >= 0.6 is 0 Å². The van der Waals surface area contributed by atoms with Crippen LogP contribution in [0.5, 0.6) is 5.75 Å². The number of imide groups is 1. The van der Waals surface area contributed by atoms with Gasteiger partial charge in [-0.2, -0.15) is 0 Å². The molecule has 200 valence electrons. The molecule has 1 saturated heterocycles. The minimum atomic E-state index is -1.58. The van der Waals surface area contributed by atoms with Gasteiger partial charge in [0.25, 0.3) is 0 Å². The molecule has 2 heterocycles. The van der Waals surface area contributed by atoms with E-state index in [1.165, 1.54) is 12.1 Å². The number of amides is 4. The van der Waals surface area contributed by atoms with E-state index < -0.39 is 49.0 Å². The number of carbonyl (C=O) groups is 4. The summed E-state index contributed by atoms with van der Waals surface area (Å²) in [6.07, 6.45) is -1.43. The lowest BCUT2D eigenvalue weighted by molar-refractivity contribution is -0.133. The average Bonchev–Trinajstić information content (AvgIpc) is 2.91. The lowest BCUT2D eigenvalue weighted by Gasteiger charge is -2.34. The summed E-state index contributed by atoms with van der Waals surface area (Å²) in [6, 6.07) is 10.4. The Morgan fingerprint density at radius 2 is 1.87 bits per heavy atom. The Morgan fingerprint density at radius 1 is 1.13 bits per heavy atom. The van der Waals surface area contributed by atoms with Gasteiger partial charge < -0.3 is 30.5 Å². The summed E-state index contributed by atoms with van der Waals surface area (Å²) in [4.78, 5) is 53.3. The summed E-state index contributed by atoms with van der Waals surface area (Å²) in [5.41, 5.74) is 0.694. The third-order valence-electron chi connectivity index (χ3n) is 6.69. The van der Waals surface area contributed by atoms with Crippen LogP contribution in [0.2, 0.25) is 0 Å². The van der Waals surface area contributed by atoms with Crippen LogP contribution in [0.3, 0.4) is 0 Å². The van der Waals surface area contributed by atoms with Gasteiger partial charge in [0.1, 0.15) is 17.9 Å². The van der Waals surface area contributed by atoms with E-state index in [-0.39, 0.29) is 30.8 Å².